The van der Waals surface area contributed by atoms with Crippen LogP contribution >= 0.6 is 11.6 Å². The van der Waals surface area contributed by atoms with Crippen molar-refractivity contribution < 1.29 is 4.79 Å². The monoisotopic (exact) mass is 294 g/mol. The molecule has 1 aliphatic rings. The van der Waals surface area contributed by atoms with Crippen molar-refractivity contribution in [3.63, 3.8) is 0 Å². The molecule has 0 bridgehead atoms. The van der Waals surface area contributed by atoms with Gasteiger partial charge in [-0.3, -0.25) is 4.79 Å². The number of hydrogen-bond donors (Lipinski definition) is 2. The van der Waals surface area contributed by atoms with Gasteiger partial charge in [0.05, 0.1) is 11.6 Å². The summed E-state index contributed by atoms with van der Waals surface area (Å²) in [5.41, 5.74) is 0.711. The van der Waals surface area contributed by atoms with Crippen LogP contribution in [0, 0.1) is 0 Å². The number of carbonyl (C=O) groups excluding carboxylic acids is 1. The maximum atomic E-state index is 12.6. The van der Waals surface area contributed by atoms with Gasteiger partial charge in [-0.15, -0.1) is 0 Å². The van der Waals surface area contributed by atoms with Crippen LogP contribution in [0.5, 0.6) is 0 Å². The second-order valence-corrected chi connectivity index (χ2v) is 6.05. The van der Waals surface area contributed by atoms with Crippen LogP contribution in [0.25, 0.3) is 0 Å². The van der Waals surface area contributed by atoms with Crippen molar-refractivity contribution in [1.29, 1.82) is 0 Å². The Morgan fingerprint density at radius 2 is 2.15 bits per heavy atom. The summed E-state index contributed by atoms with van der Waals surface area (Å²) in [5, 5.41) is 7.26. The van der Waals surface area contributed by atoms with Gasteiger partial charge in [-0.25, -0.2) is 0 Å². The Hall–Kier alpha value is -1.06. The van der Waals surface area contributed by atoms with Gasteiger partial charge in [-0.2, -0.15) is 0 Å². The van der Waals surface area contributed by atoms with E-state index >= 15 is 0 Å². The number of carbonyl (C=O) groups is 1. The molecule has 2 rings (SSSR count). The summed E-state index contributed by atoms with van der Waals surface area (Å²) in [6.45, 7) is 5.07. The van der Waals surface area contributed by atoms with E-state index in [1.807, 2.05) is 31.2 Å². The summed E-state index contributed by atoms with van der Waals surface area (Å²) in [5.74, 6) is 0.124. The zero-order valence-corrected chi connectivity index (χ0v) is 13.0. The molecule has 1 heterocycles. The number of benzene rings is 1. The van der Waals surface area contributed by atoms with E-state index in [1.165, 1.54) is 0 Å². The SMILES string of the molecule is CCCC1(C(=O)NC(C)c2ccc(Cl)cc2)CCCN1. The summed E-state index contributed by atoms with van der Waals surface area (Å²) in [7, 11) is 0. The average Bonchev–Trinajstić information content (AvgIpc) is 2.89. The number of halogens is 1. The highest BCUT2D eigenvalue weighted by Gasteiger charge is 2.40. The Morgan fingerprint density at radius 3 is 2.70 bits per heavy atom. The maximum absolute atomic E-state index is 12.6. The second-order valence-electron chi connectivity index (χ2n) is 5.61. The molecule has 1 aromatic carbocycles. The smallest absolute Gasteiger partial charge is 0.240 e. The van der Waals surface area contributed by atoms with Crippen molar-refractivity contribution in [3.8, 4) is 0 Å². The molecule has 0 aromatic heterocycles. The fraction of sp³-hybridized carbons (Fsp3) is 0.562. The van der Waals surface area contributed by atoms with Crippen LogP contribution in [0.4, 0.5) is 0 Å². The Bertz CT molecular complexity index is 452. The molecule has 0 spiro atoms. The van der Waals surface area contributed by atoms with Crippen molar-refractivity contribution >= 4 is 17.5 Å². The third kappa shape index (κ3) is 3.33. The minimum Gasteiger partial charge on any atom is -0.348 e. The van der Waals surface area contributed by atoms with Crippen LogP contribution in [0.1, 0.15) is 51.1 Å². The molecule has 0 saturated carbocycles. The highest BCUT2D eigenvalue weighted by atomic mass is 35.5. The topological polar surface area (TPSA) is 41.1 Å². The summed E-state index contributed by atoms with van der Waals surface area (Å²) in [6, 6.07) is 7.63. The first-order chi connectivity index (χ1) is 9.57. The van der Waals surface area contributed by atoms with Crippen LogP contribution in [0.15, 0.2) is 24.3 Å². The lowest BCUT2D eigenvalue weighted by atomic mass is 9.90. The maximum Gasteiger partial charge on any atom is 0.240 e. The summed E-state index contributed by atoms with van der Waals surface area (Å²) >= 11 is 5.89. The lowest BCUT2D eigenvalue weighted by Gasteiger charge is -2.29. The van der Waals surface area contributed by atoms with E-state index in [2.05, 4.69) is 17.6 Å². The predicted molar refractivity (Wildman–Crippen MR) is 82.9 cm³/mol. The van der Waals surface area contributed by atoms with E-state index in [1.54, 1.807) is 0 Å². The molecule has 20 heavy (non-hydrogen) atoms. The lowest BCUT2D eigenvalue weighted by Crippen LogP contribution is -2.53. The minimum absolute atomic E-state index is 0.00380. The molecule has 1 saturated heterocycles. The predicted octanol–water partition coefficient (Wildman–Crippen LogP) is 3.44. The summed E-state index contributed by atoms with van der Waals surface area (Å²) < 4.78 is 0. The first kappa shape index (κ1) is 15.3. The van der Waals surface area contributed by atoms with Gasteiger partial charge in [-0.05, 0) is 50.4 Å². The zero-order chi connectivity index (χ0) is 14.6. The molecule has 2 N–H and O–H groups in total. The number of amides is 1. The Kier molecular flexibility index (Phi) is 5.06. The molecular weight excluding hydrogens is 272 g/mol. The molecule has 3 nitrogen and oxygen atoms in total. The van der Waals surface area contributed by atoms with Crippen LogP contribution in [-0.2, 0) is 4.79 Å². The van der Waals surface area contributed by atoms with Crippen molar-refractivity contribution in [2.75, 3.05) is 6.54 Å². The third-order valence-corrected chi connectivity index (χ3v) is 4.32. The highest BCUT2D eigenvalue weighted by Crippen LogP contribution is 2.26. The van der Waals surface area contributed by atoms with E-state index in [0.717, 1.165) is 37.8 Å². The number of hydrogen-bond acceptors (Lipinski definition) is 2. The minimum atomic E-state index is -0.366. The molecular formula is C16H23ClN2O. The molecule has 0 radical (unpaired) electrons. The highest BCUT2D eigenvalue weighted by molar-refractivity contribution is 6.30. The van der Waals surface area contributed by atoms with E-state index in [4.69, 9.17) is 11.6 Å². The molecule has 1 aromatic rings. The number of nitrogens with one attached hydrogen (secondary N) is 2. The quantitative estimate of drug-likeness (QED) is 0.873. The molecule has 0 aliphatic carbocycles. The first-order valence-corrected chi connectivity index (χ1v) is 7.76. The molecule has 110 valence electrons. The zero-order valence-electron chi connectivity index (χ0n) is 12.2. The van der Waals surface area contributed by atoms with Gasteiger partial charge in [-0.1, -0.05) is 37.1 Å². The van der Waals surface area contributed by atoms with Gasteiger partial charge in [0, 0.05) is 5.02 Å². The van der Waals surface area contributed by atoms with Gasteiger partial charge < -0.3 is 10.6 Å². The first-order valence-electron chi connectivity index (χ1n) is 7.39. The third-order valence-electron chi connectivity index (χ3n) is 4.07. The molecule has 4 heteroatoms. The lowest BCUT2D eigenvalue weighted by molar-refractivity contribution is -0.128. The van der Waals surface area contributed by atoms with E-state index in [-0.39, 0.29) is 17.5 Å². The summed E-state index contributed by atoms with van der Waals surface area (Å²) in [6.07, 6.45) is 3.91. The molecule has 2 atom stereocenters. The van der Waals surface area contributed by atoms with Crippen LogP contribution in [0.2, 0.25) is 5.02 Å². The van der Waals surface area contributed by atoms with Crippen molar-refractivity contribution in [2.24, 2.45) is 0 Å². The number of rotatable bonds is 5. The van der Waals surface area contributed by atoms with Gasteiger partial charge in [0.15, 0.2) is 0 Å². The summed E-state index contributed by atoms with van der Waals surface area (Å²) in [4.78, 5) is 12.6. The van der Waals surface area contributed by atoms with Crippen LogP contribution in [0.3, 0.4) is 0 Å². The van der Waals surface area contributed by atoms with Crippen molar-refractivity contribution in [1.82, 2.24) is 10.6 Å². The van der Waals surface area contributed by atoms with Gasteiger partial charge in [0.25, 0.3) is 0 Å². The van der Waals surface area contributed by atoms with Gasteiger partial charge in [0.2, 0.25) is 5.91 Å². The van der Waals surface area contributed by atoms with E-state index in [9.17, 15) is 4.79 Å². The van der Waals surface area contributed by atoms with Gasteiger partial charge in [0.1, 0.15) is 0 Å². The molecule has 1 amide bonds. The average molecular weight is 295 g/mol. The Morgan fingerprint density at radius 1 is 1.45 bits per heavy atom. The van der Waals surface area contributed by atoms with Crippen LogP contribution in [-0.4, -0.2) is 18.0 Å². The molecule has 1 aliphatic heterocycles. The second kappa shape index (κ2) is 6.59. The normalized spacial score (nSPS) is 23.6. The Labute approximate surface area is 126 Å². The van der Waals surface area contributed by atoms with E-state index in [0.29, 0.717) is 5.02 Å². The van der Waals surface area contributed by atoms with Crippen molar-refractivity contribution in [3.05, 3.63) is 34.9 Å². The standard InChI is InChI=1S/C16H23ClN2O/c1-3-9-16(10-4-11-18-16)15(20)19-12(2)13-5-7-14(17)8-6-13/h5-8,12,18H,3-4,9-11H2,1-2H3,(H,19,20). The van der Waals surface area contributed by atoms with Crippen molar-refractivity contribution in [2.45, 2.75) is 51.1 Å². The fourth-order valence-electron chi connectivity index (χ4n) is 2.92. The van der Waals surface area contributed by atoms with Crippen LogP contribution < -0.4 is 10.6 Å². The fourth-order valence-corrected chi connectivity index (χ4v) is 3.05. The van der Waals surface area contributed by atoms with E-state index < -0.39 is 0 Å². The van der Waals surface area contributed by atoms with Gasteiger partial charge >= 0.3 is 0 Å². The molecule has 2 unspecified atom stereocenters. The Balaban J connectivity index is 2.04. The molecule has 1 fully saturated rings. The largest absolute Gasteiger partial charge is 0.348 e.